The van der Waals surface area contributed by atoms with Gasteiger partial charge in [-0.05, 0) is 43.4 Å². The van der Waals surface area contributed by atoms with Crippen LogP contribution in [0.15, 0.2) is 54.6 Å². The van der Waals surface area contributed by atoms with Gasteiger partial charge in [0.1, 0.15) is 6.04 Å². The first-order valence-corrected chi connectivity index (χ1v) is 10.7. The molecule has 4 heteroatoms. The Bertz CT molecular complexity index is 813. The molecule has 1 fully saturated rings. The Morgan fingerprint density at radius 1 is 1.00 bits per heavy atom. The Morgan fingerprint density at radius 3 is 2.34 bits per heavy atom. The molecule has 2 amide bonds. The van der Waals surface area contributed by atoms with E-state index in [1.165, 1.54) is 19.3 Å². The van der Waals surface area contributed by atoms with Crippen molar-refractivity contribution in [3.05, 3.63) is 71.3 Å². The third-order valence-corrected chi connectivity index (χ3v) is 5.92. The van der Waals surface area contributed by atoms with Gasteiger partial charge in [0.15, 0.2) is 0 Å². The van der Waals surface area contributed by atoms with Crippen LogP contribution in [0.3, 0.4) is 0 Å². The average molecular weight is 393 g/mol. The third kappa shape index (κ3) is 5.93. The molecule has 0 aliphatic heterocycles. The van der Waals surface area contributed by atoms with Crippen molar-refractivity contribution >= 4 is 11.8 Å². The van der Waals surface area contributed by atoms with Gasteiger partial charge in [-0.3, -0.25) is 9.59 Å². The van der Waals surface area contributed by atoms with Gasteiger partial charge in [0.05, 0.1) is 6.42 Å². The lowest BCUT2D eigenvalue weighted by atomic mass is 9.95. The summed E-state index contributed by atoms with van der Waals surface area (Å²) < 4.78 is 0. The summed E-state index contributed by atoms with van der Waals surface area (Å²) in [6.07, 6.45) is 5.95. The number of carbonyl (C=O) groups is 2. The van der Waals surface area contributed by atoms with Crippen LogP contribution in [0.2, 0.25) is 0 Å². The zero-order valence-electron chi connectivity index (χ0n) is 17.6. The van der Waals surface area contributed by atoms with Gasteiger partial charge in [0.25, 0.3) is 0 Å². The summed E-state index contributed by atoms with van der Waals surface area (Å²) in [4.78, 5) is 27.9. The Labute approximate surface area is 174 Å². The van der Waals surface area contributed by atoms with Gasteiger partial charge in [-0.1, -0.05) is 73.9 Å². The second kappa shape index (κ2) is 10.2. The first-order valence-electron chi connectivity index (χ1n) is 10.7. The van der Waals surface area contributed by atoms with Crippen molar-refractivity contribution in [1.82, 2.24) is 10.2 Å². The molecule has 2 aromatic rings. The molecule has 0 spiro atoms. The van der Waals surface area contributed by atoms with E-state index >= 15 is 0 Å². The average Bonchev–Trinajstić information content (AvgIpc) is 2.74. The predicted molar refractivity (Wildman–Crippen MR) is 116 cm³/mol. The molecule has 4 nitrogen and oxygen atoms in total. The van der Waals surface area contributed by atoms with Crippen LogP contribution in [0.25, 0.3) is 0 Å². The van der Waals surface area contributed by atoms with Crippen molar-refractivity contribution in [2.75, 3.05) is 0 Å². The minimum atomic E-state index is -0.507. The predicted octanol–water partition coefficient (Wildman–Crippen LogP) is 4.40. The minimum Gasteiger partial charge on any atom is -0.352 e. The molecule has 29 heavy (non-hydrogen) atoms. The van der Waals surface area contributed by atoms with E-state index in [4.69, 9.17) is 0 Å². The molecule has 1 N–H and O–H groups in total. The van der Waals surface area contributed by atoms with Gasteiger partial charge >= 0.3 is 0 Å². The van der Waals surface area contributed by atoms with Crippen molar-refractivity contribution in [3.8, 4) is 0 Å². The number of rotatable bonds is 7. The van der Waals surface area contributed by atoms with E-state index < -0.39 is 6.04 Å². The fourth-order valence-corrected chi connectivity index (χ4v) is 3.99. The number of nitrogens with one attached hydrogen (secondary N) is 1. The highest BCUT2D eigenvalue weighted by Gasteiger charge is 2.28. The van der Waals surface area contributed by atoms with E-state index in [0.717, 1.165) is 29.5 Å². The fraction of sp³-hybridized carbons (Fsp3) is 0.440. The number of carbonyl (C=O) groups excluding carboxylic acids is 2. The summed E-state index contributed by atoms with van der Waals surface area (Å²) in [5.41, 5.74) is 3.17. The highest BCUT2D eigenvalue weighted by atomic mass is 16.2. The molecule has 0 radical (unpaired) electrons. The smallest absolute Gasteiger partial charge is 0.242 e. The lowest BCUT2D eigenvalue weighted by Crippen LogP contribution is -2.50. The number of aryl methyl sites for hydroxylation is 1. The van der Waals surface area contributed by atoms with Crippen LogP contribution in [0.5, 0.6) is 0 Å². The number of benzene rings is 2. The second-order valence-electron chi connectivity index (χ2n) is 8.13. The van der Waals surface area contributed by atoms with E-state index in [9.17, 15) is 9.59 Å². The maximum absolute atomic E-state index is 13.2. The maximum atomic E-state index is 13.2. The summed E-state index contributed by atoms with van der Waals surface area (Å²) in [5.74, 6) is -0.0716. The molecule has 0 unspecified atom stereocenters. The van der Waals surface area contributed by atoms with E-state index in [2.05, 4.69) is 5.32 Å². The minimum absolute atomic E-state index is 0.0225. The van der Waals surface area contributed by atoms with Gasteiger partial charge in [-0.25, -0.2) is 0 Å². The summed E-state index contributed by atoms with van der Waals surface area (Å²) >= 11 is 0. The lowest BCUT2D eigenvalue weighted by Gasteiger charge is -2.31. The van der Waals surface area contributed by atoms with Gasteiger partial charge in [0.2, 0.25) is 11.8 Å². The number of hydrogen-bond donors (Lipinski definition) is 1. The van der Waals surface area contributed by atoms with Crippen molar-refractivity contribution in [2.24, 2.45) is 0 Å². The molecule has 1 aliphatic rings. The van der Waals surface area contributed by atoms with Gasteiger partial charge in [0, 0.05) is 12.6 Å². The summed E-state index contributed by atoms with van der Waals surface area (Å²) in [7, 11) is 0. The zero-order valence-corrected chi connectivity index (χ0v) is 17.6. The Kier molecular flexibility index (Phi) is 7.45. The molecule has 1 saturated carbocycles. The molecule has 0 heterocycles. The van der Waals surface area contributed by atoms with Crippen molar-refractivity contribution in [2.45, 2.75) is 71.0 Å². The zero-order chi connectivity index (χ0) is 20.6. The molecule has 0 saturated heterocycles. The maximum Gasteiger partial charge on any atom is 0.242 e. The molecule has 0 aromatic heterocycles. The van der Waals surface area contributed by atoms with Crippen LogP contribution < -0.4 is 5.32 Å². The van der Waals surface area contributed by atoms with Crippen LogP contribution in [0, 0.1) is 6.92 Å². The van der Waals surface area contributed by atoms with Crippen molar-refractivity contribution in [1.29, 1.82) is 0 Å². The number of amides is 2. The number of nitrogens with zero attached hydrogens (tertiary/aromatic N) is 1. The molecule has 3 rings (SSSR count). The van der Waals surface area contributed by atoms with Crippen LogP contribution in [0.4, 0.5) is 0 Å². The monoisotopic (exact) mass is 392 g/mol. The quantitative estimate of drug-likeness (QED) is 0.759. The van der Waals surface area contributed by atoms with Gasteiger partial charge < -0.3 is 10.2 Å². The van der Waals surface area contributed by atoms with Crippen molar-refractivity contribution in [3.63, 3.8) is 0 Å². The summed E-state index contributed by atoms with van der Waals surface area (Å²) in [6, 6.07) is 17.5. The molecule has 0 bridgehead atoms. The number of hydrogen-bond acceptors (Lipinski definition) is 2. The third-order valence-electron chi connectivity index (χ3n) is 5.92. The van der Waals surface area contributed by atoms with E-state index in [-0.39, 0.29) is 17.9 Å². The molecular weight excluding hydrogens is 360 g/mol. The Hall–Kier alpha value is -2.62. The van der Waals surface area contributed by atoms with Gasteiger partial charge in [-0.15, -0.1) is 0 Å². The van der Waals surface area contributed by atoms with Crippen LogP contribution in [-0.4, -0.2) is 28.8 Å². The molecule has 2 aromatic carbocycles. The molecule has 1 aliphatic carbocycles. The Balaban J connectivity index is 1.76. The van der Waals surface area contributed by atoms with E-state index in [0.29, 0.717) is 13.0 Å². The van der Waals surface area contributed by atoms with Crippen LogP contribution >= 0.6 is 0 Å². The van der Waals surface area contributed by atoms with Crippen molar-refractivity contribution < 1.29 is 9.59 Å². The normalized spacial score (nSPS) is 15.5. The SMILES string of the molecule is Cc1ccccc1CN(C(=O)Cc1ccccc1)[C@H](C)C(=O)NC1CCCCC1. The second-order valence-corrected chi connectivity index (χ2v) is 8.13. The van der Waals surface area contributed by atoms with Crippen LogP contribution in [-0.2, 0) is 22.6 Å². The van der Waals surface area contributed by atoms with Gasteiger partial charge in [-0.2, -0.15) is 0 Å². The molecule has 1 atom stereocenters. The first kappa shape index (κ1) is 21.1. The highest BCUT2D eigenvalue weighted by Crippen LogP contribution is 2.19. The first-order chi connectivity index (χ1) is 14.0. The largest absolute Gasteiger partial charge is 0.352 e. The molecule has 154 valence electrons. The van der Waals surface area contributed by atoms with Crippen LogP contribution in [0.1, 0.15) is 55.7 Å². The summed E-state index contributed by atoms with van der Waals surface area (Å²) in [5, 5.41) is 3.19. The Morgan fingerprint density at radius 2 is 1.66 bits per heavy atom. The highest BCUT2D eigenvalue weighted by molar-refractivity contribution is 5.88. The fourth-order valence-electron chi connectivity index (χ4n) is 3.99. The standard InChI is InChI=1S/C25H32N2O2/c1-19-11-9-10-14-22(19)18-27(24(28)17-21-12-5-3-6-13-21)20(2)25(29)26-23-15-7-4-8-16-23/h3,5-6,9-14,20,23H,4,7-8,15-18H2,1-2H3,(H,26,29)/t20-/m1/s1. The van der Waals surface area contributed by atoms with E-state index in [1.54, 1.807) is 4.90 Å². The molecular formula is C25H32N2O2. The lowest BCUT2D eigenvalue weighted by molar-refractivity contribution is -0.140. The van der Waals surface area contributed by atoms with E-state index in [1.807, 2.05) is 68.4 Å². The topological polar surface area (TPSA) is 49.4 Å². The summed E-state index contributed by atoms with van der Waals surface area (Å²) in [6.45, 7) is 4.33.